The van der Waals surface area contributed by atoms with Gasteiger partial charge in [0.25, 0.3) is 0 Å². The molecule has 6 heteroatoms. The van der Waals surface area contributed by atoms with E-state index in [0.717, 1.165) is 28.2 Å². The Balaban J connectivity index is 1.77. The standard InChI is InChI=1S/C32H28Cl2N2O2/c1-2-38-32(37)30-28(35-26-9-5-3-6-10-26)21-29(22-13-17-24(33)18-14-22)36(27-11-7-4-8-12-27)31(30)23-15-19-25(34)20-16-23/h3-20,29,31,35H,2,21H2,1H3/t29-,31-/m0/s1. The quantitative estimate of drug-likeness (QED) is 0.237. The van der Waals surface area contributed by atoms with Gasteiger partial charge in [-0.2, -0.15) is 0 Å². The van der Waals surface area contributed by atoms with Crippen molar-refractivity contribution in [2.45, 2.75) is 25.4 Å². The first-order valence-electron chi connectivity index (χ1n) is 12.6. The first-order chi connectivity index (χ1) is 18.5. The monoisotopic (exact) mass is 542 g/mol. The van der Waals surface area contributed by atoms with Crippen LogP contribution in [0.5, 0.6) is 0 Å². The fourth-order valence-electron chi connectivity index (χ4n) is 5.01. The molecular weight excluding hydrogens is 515 g/mol. The maximum absolute atomic E-state index is 13.7. The number of halogens is 2. The predicted molar refractivity (Wildman–Crippen MR) is 156 cm³/mol. The Bertz CT molecular complexity index is 1410. The summed E-state index contributed by atoms with van der Waals surface area (Å²) in [5, 5.41) is 4.87. The van der Waals surface area contributed by atoms with Crippen LogP contribution in [-0.4, -0.2) is 12.6 Å². The van der Waals surface area contributed by atoms with Crippen LogP contribution in [0.15, 0.2) is 120 Å². The van der Waals surface area contributed by atoms with Gasteiger partial charge in [0.2, 0.25) is 0 Å². The molecule has 4 nitrogen and oxygen atoms in total. The second kappa shape index (κ2) is 11.8. The fourth-order valence-corrected chi connectivity index (χ4v) is 5.26. The average Bonchev–Trinajstić information content (AvgIpc) is 2.94. The molecule has 192 valence electrons. The van der Waals surface area contributed by atoms with Crippen molar-refractivity contribution in [1.82, 2.24) is 0 Å². The molecule has 0 amide bonds. The Labute approximate surface area is 233 Å². The third kappa shape index (κ3) is 5.57. The summed E-state index contributed by atoms with van der Waals surface area (Å²) in [5.41, 5.74) is 5.32. The summed E-state index contributed by atoms with van der Waals surface area (Å²) in [6, 6.07) is 35.1. The Morgan fingerprint density at radius 3 is 1.95 bits per heavy atom. The highest BCUT2D eigenvalue weighted by Crippen LogP contribution is 2.48. The van der Waals surface area contributed by atoms with Crippen molar-refractivity contribution in [2.24, 2.45) is 0 Å². The zero-order valence-electron chi connectivity index (χ0n) is 21.0. The Morgan fingerprint density at radius 2 is 1.37 bits per heavy atom. The number of rotatable bonds is 7. The second-order valence-electron chi connectivity index (χ2n) is 9.07. The van der Waals surface area contributed by atoms with Crippen LogP contribution >= 0.6 is 23.2 Å². The number of para-hydroxylation sites is 2. The summed E-state index contributed by atoms with van der Waals surface area (Å²) >= 11 is 12.6. The maximum Gasteiger partial charge on any atom is 0.338 e. The smallest absolute Gasteiger partial charge is 0.338 e. The topological polar surface area (TPSA) is 41.6 Å². The number of ether oxygens (including phenoxy) is 1. The molecular formula is C32H28Cl2N2O2. The number of anilines is 2. The van der Waals surface area contributed by atoms with Crippen LogP contribution in [0.1, 0.15) is 36.6 Å². The normalized spacial score (nSPS) is 17.3. The lowest BCUT2D eigenvalue weighted by molar-refractivity contribution is -0.139. The van der Waals surface area contributed by atoms with E-state index in [9.17, 15) is 4.79 Å². The molecule has 0 saturated carbocycles. The SMILES string of the molecule is CCOC(=O)C1=C(Nc2ccccc2)C[C@@H](c2ccc(Cl)cc2)N(c2ccccc2)[C@H]1c1ccc(Cl)cc1. The van der Waals surface area contributed by atoms with Crippen LogP contribution in [0.3, 0.4) is 0 Å². The van der Waals surface area contributed by atoms with Crippen molar-refractivity contribution in [3.8, 4) is 0 Å². The molecule has 0 saturated heterocycles. The number of carbonyl (C=O) groups is 1. The van der Waals surface area contributed by atoms with Crippen LogP contribution in [0.25, 0.3) is 0 Å². The van der Waals surface area contributed by atoms with Gasteiger partial charge in [0.15, 0.2) is 0 Å². The molecule has 0 fully saturated rings. The average molecular weight is 543 g/mol. The van der Waals surface area contributed by atoms with Gasteiger partial charge in [-0.05, 0) is 66.6 Å². The first-order valence-corrected chi connectivity index (χ1v) is 13.4. The third-order valence-electron chi connectivity index (χ3n) is 6.67. The molecule has 1 aliphatic heterocycles. The summed E-state index contributed by atoms with van der Waals surface area (Å²) in [7, 11) is 0. The zero-order valence-corrected chi connectivity index (χ0v) is 22.5. The van der Waals surface area contributed by atoms with Gasteiger partial charge < -0.3 is 15.0 Å². The Kier molecular flexibility index (Phi) is 8.02. The Morgan fingerprint density at radius 1 is 0.816 bits per heavy atom. The third-order valence-corrected chi connectivity index (χ3v) is 7.17. The number of esters is 1. The number of hydrogen-bond acceptors (Lipinski definition) is 4. The van der Waals surface area contributed by atoms with Crippen LogP contribution in [0, 0.1) is 0 Å². The van der Waals surface area contributed by atoms with E-state index in [0.29, 0.717) is 22.0 Å². The minimum Gasteiger partial charge on any atom is -0.463 e. The molecule has 1 heterocycles. The second-order valence-corrected chi connectivity index (χ2v) is 9.94. The number of nitrogens with one attached hydrogen (secondary N) is 1. The number of benzene rings is 4. The summed E-state index contributed by atoms with van der Waals surface area (Å²) in [6.45, 7) is 2.11. The van der Waals surface area contributed by atoms with Crippen molar-refractivity contribution in [3.63, 3.8) is 0 Å². The highest BCUT2D eigenvalue weighted by molar-refractivity contribution is 6.30. The van der Waals surface area contributed by atoms with Crippen LogP contribution in [0.2, 0.25) is 10.0 Å². The van der Waals surface area contributed by atoms with E-state index >= 15 is 0 Å². The summed E-state index contributed by atoms with van der Waals surface area (Å²) in [5.74, 6) is -0.346. The number of hydrogen-bond donors (Lipinski definition) is 1. The maximum atomic E-state index is 13.7. The van der Waals surface area contributed by atoms with Gasteiger partial charge >= 0.3 is 5.97 Å². The Hall–Kier alpha value is -3.73. The largest absolute Gasteiger partial charge is 0.463 e. The molecule has 0 spiro atoms. The zero-order chi connectivity index (χ0) is 26.5. The number of carbonyl (C=O) groups excluding carboxylic acids is 1. The van der Waals surface area contributed by atoms with E-state index in [2.05, 4.69) is 34.5 Å². The molecule has 0 aromatic heterocycles. The molecule has 1 aliphatic rings. The van der Waals surface area contributed by atoms with E-state index in [4.69, 9.17) is 27.9 Å². The first kappa shape index (κ1) is 25.9. The minimum absolute atomic E-state index is 0.0975. The van der Waals surface area contributed by atoms with Crippen molar-refractivity contribution < 1.29 is 9.53 Å². The molecule has 0 bridgehead atoms. The number of nitrogens with zero attached hydrogens (tertiary/aromatic N) is 1. The fraction of sp³-hybridized carbons (Fsp3) is 0.156. The molecule has 0 aliphatic carbocycles. The van der Waals surface area contributed by atoms with Crippen molar-refractivity contribution in [1.29, 1.82) is 0 Å². The van der Waals surface area contributed by atoms with Gasteiger partial charge in [0.05, 0.1) is 24.3 Å². The highest BCUT2D eigenvalue weighted by atomic mass is 35.5. The van der Waals surface area contributed by atoms with E-state index in [1.54, 1.807) is 0 Å². The molecule has 4 aromatic carbocycles. The lowest BCUT2D eigenvalue weighted by atomic mass is 9.84. The van der Waals surface area contributed by atoms with Crippen LogP contribution in [0.4, 0.5) is 11.4 Å². The van der Waals surface area contributed by atoms with E-state index in [-0.39, 0.29) is 18.6 Å². The predicted octanol–water partition coefficient (Wildman–Crippen LogP) is 8.62. The van der Waals surface area contributed by atoms with Gasteiger partial charge in [-0.3, -0.25) is 0 Å². The van der Waals surface area contributed by atoms with Gasteiger partial charge in [-0.15, -0.1) is 0 Å². The van der Waals surface area contributed by atoms with Crippen LogP contribution in [-0.2, 0) is 9.53 Å². The molecule has 38 heavy (non-hydrogen) atoms. The minimum atomic E-state index is -0.436. The van der Waals surface area contributed by atoms with Crippen molar-refractivity contribution >= 4 is 40.5 Å². The summed E-state index contributed by atoms with van der Waals surface area (Å²) < 4.78 is 5.66. The molecule has 0 unspecified atom stereocenters. The molecule has 5 rings (SSSR count). The molecule has 2 atom stereocenters. The molecule has 1 N–H and O–H groups in total. The summed E-state index contributed by atoms with van der Waals surface area (Å²) in [6.07, 6.45) is 0.559. The van der Waals surface area contributed by atoms with E-state index < -0.39 is 6.04 Å². The van der Waals surface area contributed by atoms with Crippen LogP contribution < -0.4 is 10.2 Å². The van der Waals surface area contributed by atoms with Gasteiger partial charge in [-0.25, -0.2) is 4.79 Å². The lowest BCUT2D eigenvalue weighted by Gasteiger charge is -2.46. The van der Waals surface area contributed by atoms with Crippen molar-refractivity contribution in [2.75, 3.05) is 16.8 Å². The molecule has 4 aromatic rings. The summed E-state index contributed by atoms with van der Waals surface area (Å²) in [4.78, 5) is 16.0. The molecule has 0 radical (unpaired) electrons. The van der Waals surface area contributed by atoms with Gasteiger partial charge in [-0.1, -0.05) is 83.9 Å². The van der Waals surface area contributed by atoms with Gasteiger partial charge in [0, 0.05) is 33.5 Å². The van der Waals surface area contributed by atoms with E-state index in [1.165, 1.54) is 0 Å². The van der Waals surface area contributed by atoms with Gasteiger partial charge in [0.1, 0.15) is 0 Å². The lowest BCUT2D eigenvalue weighted by Crippen LogP contribution is -2.41. The van der Waals surface area contributed by atoms with Crippen molar-refractivity contribution in [3.05, 3.63) is 142 Å². The van der Waals surface area contributed by atoms with E-state index in [1.807, 2.05) is 91.9 Å². The highest BCUT2D eigenvalue weighted by Gasteiger charge is 2.41.